The van der Waals surface area contributed by atoms with E-state index in [0.29, 0.717) is 5.69 Å². The van der Waals surface area contributed by atoms with E-state index in [0.717, 1.165) is 22.4 Å². The zero-order valence-electron chi connectivity index (χ0n) is 13.0. The third-order valence-corrected chi connectivity index (χ3v) is 3.89. The molecule has 2 N–H and O–H groups in total. The summed E-state index contributed by atoms with van der Waals surface area (Å²) in [7, 11) is 0. The van der Waals surface area contributed by atoms with Gasteiger partial charge in [-0.25, -0.2) is 14.5 Å². The molecule has 0 amide bonds. The van der Waals surface area contributed by atoms with Gasteiger partial charge in [-0.1, -0.05) is 41.6 Å². The van der Waals surface area contributed by atoms with Crippen molar-refractivity contribution in [1.29, 1.82) is 0 Å². The molecule has 4 rings (SSSR count). The zero-order chi connectivity index (χ0) is 17.2. The lowest BCUT2D eigenvalue weighted by Gasteiger charge is -2.11. The minimum Gasteiger partial charge on any atom is -0.476 e. The first-order chi connectivity index (χ1) is 12.2. The van der Waals surface area contributed by atoms with E-state index in [-0.39, 0.29) is 5.69 Å². The third-order valence-electron chi connectivity index (χ3n) is 3.89. The van der Waals surface area contributed by atoms with E-state index in [1.807, 2.05) is 48.5 Å². The number of carbonyl (C=O) groups is 1. The fourth-order valence-corrected chi connectivity index (χ4v) is 2.73. The maximum Gasteiger partial charge on any atom is 0.356 e. The van der Waals surface area contributed by atoms with Crippen LogP contribution in [0, 0.1) is 0 Å². The normalized spacial score (nSPS) is 10.7. The highest BCUT2D eigenvalue weighted by molar-refractivity contribution is 5.87. The second kappa shape index (κ2) is 6.04. The van der Waals surface area contributed by atoms with Gasteiger partial charge in [-0.2, -0.15) is 0 Å². The quantitative estimate of drug-likeness (QED) is 0.599. The number of hydrogen-bond acceptors (Lipinski definition) is 4. The molecule has 0 saturated heterocycles. The molecule has 122 valence electrons. The number of H-pyrrole nitrogens is 1. The molecular weight excluding hydrogens is 318 g/mol. The maximum atomic E-state index is 11.3. The van der Waals surface area contributed by atoms with E-state index in [9.17, 15) is 9.90 Å². The van der Waals surface area contributed by atoms with E-state index in [1.165, 1.54) is 10.9 Å². The van der Waals surface area contributed by atoms with Crippen molar-refractivity contribution in [1.82, 2.24) is 25.0 Å². The van der Waals surface area contributed by atoms with Crippen LogP contribution in [-0.2, 0) is 0 Å². The van der Waals surface area contributed by atoms with Crippen LogP contribution in [0.25, 0.3) is 28.1 Å². The van der Waals surface area contributed by atoms with Crippen LogP contribution in [-0.4, -0.2) is 36.0 Å². The molecule has 0 aliphatic rings. The fraction of sp³-hybridized carbons (Fsp3) is 0. The molecule has 7 nitrogen and oxygen atoms in total. The van der Waals surface area contributed by atoms with Gasteiger partial charge in [-0.15, -0.1) is 5.10 Å². The average molecular weight is 331 g/mol. The van der Waals surface area contributed by atoms with Crippen molar-refractivity contribution in [2.24, 2.45) is 0 Å². The predicted molar refractivity (Wildman–Crippen MR) is 91.3 cm³/mol. The van der Waals surface area contributed by atoms with Crippen LogP contribution in [0.4, 0.5) is 0 Å². The molecule has 0 aliphatic heterocycles. The molecule has 7 heteroatoms. The fourth-order valence-electron chi connectivity index (χ4n) is 2.73. The summed E-state index contributed by atoms with van der Waals surface area (Å²) < 4.78 is 1.30. The number of imidazole rings is 1. The number of rotatable bonds is 4. The summed E-state index contributed by atoms with van der Waals surface area (Å²) in [6.45, 7) is 0. The van der Waals surface area contributed by atoms with Gasteiger partial charge in [-0.05, 0) is 23.3 Å². The van der Waals surface area contributed by atoms with Crippen LogP contribution >= 0.6 is 0 Å². The number of aromatic nitrogens is 5. The first-order valence-corrected chi connectivity index (χ1v) is 7.56. The number of aromatic amines is 1. The van der Waals surface area contributed by atoms with Gasteiger partial charge in [0.1, 0.15) is 0 Å². The highest BCUT2D eigenvalue weighted by Gasteiger charge is 2.16. The molecule has 4 aromatic rings. The van der Waals surface area contributed by atoms with E-state index in [1.54, 1.807) is 12.5 Å². The lowest BCUT2D eigenvalue weighted by atomic mass is 9.97. The lowest BCUT2D eigenvalue weighted by molar-refractivity contribution is 0.0687. The Hall–Kier alpha value is -3.74. The number of hydrogen-bond donors (Lipinski definition) is 2. The van der Waals surface area contributed by atoms with Crippen molar-refractivity contribution >= 4 is 5.97 Å². The molecular formula is C18H13N5O2. The SMILES string of the molecule is O=C(O)c1cnnn1-c1ccc(-c2ccccc2)c(-c2cnc[nH]2)c1. The average Bonchev–Trinajstić information content (AvgIpc) is 3.34. The first-order valence-electron chi connectivity index (χ1n) is 7.56. The van der Waals surface area contributed by atoms with Gasteiger partial charge in [0.05, 0.1) is 30.1 Å². The molecule has 0 fully saturated rings. The summed E-state index contributed by atoms with van der Waals surface area (Å²) in [5.74, 6) is -1.08. The summed E-state index contributed by atoms with van der Waals surface area (Å²) >= 11 is 0. The standard InChI is InChI=1S/C18H13N5O2/c24-18(25)17-10-21-22-23(17)13-6-7-14(12-4-2-1-3-5-12)15(8-13)16-9-19-11-20-16/h1-11H,(H,19,20)(H,24,25). The summed E-state index contributed by atoms with van der Waals surface area (Å²) in [6, 6.07) is 15.6. The maximum absolute atomic E-state index is 11.3. The summed E-state index contributed by atoms with van der Waals surface area (Å²) in [5, 5.41) is 16.9. The second-order valence-corrected chi connectivity index (χ2v) is 5.40. The van der Waals surface area contributed by atoms with Crippen LogP contribution in [0.3, 0.4) is 0 Å². The molecule has 0 saturated carbocycles. The number of nitrogens with one attached hydrogen (secondary N) is 1. The Morgan fingerprint density at radius 3 is 2.60 bits per heavy atom. The van der Waals surface area contributed by atoms with Crippen molar-refractivity contribution in [3.8, 4) is 28.1 Å². The molecule has 0 unspecified atom stereocenters. The largest absolute Gasteiger partial charge is 0.476 e. The molecule has 2 aromatic heterocycles. The van der Waals surface area contributed by atoms with Crippen LogP contribution < -0.4 is 0 Å². The van der Waals surface area contributed by atoms with Gasteiger partial charge < -0.3 is 10.1 Å². The van der Waals surface area contributed by atoms with Gasteiger partial charge in [0.2, 0.25) is 0 Å². The topological polar surface area (TPSA) is 96.7 Å². The molecule has 0 bridgehead atoms. The van der Waals surface area contributed by atoms with Gasteiger partial charge in [0, 0.05) is 5.56 Å². The van der Waals surface area contributed by atoms with Crippen LogP contribution in [0.15, 0.2) is 67.3 Å². The van der Waals surface area contributed by atoms with Gasteiger partial charge >= 0.3 is 5.97 Å². The molecule has 0 spiro atoms. The smallest absolute Gasteiger partial charge is 0.356 e. The minimum atomic E-state index is -1.08. The van der Waals surface area contributed by atoms with E-state index >= 15 is 0 Å². The van der Waals surface area contributed by atoms with E-state index in [4.69, 9.17) is 0 Å². The van der Waals surface area contributed by atoms with Crippen molar-refractivity contribution in [2.75, 3.05) is 0 Å². The van der Waals surface area contributed by atoms with Crippen molar-refractivity contribution in [3.05, 3.63) is 72.9 Å². The summed E-state index contributed by atoms with van der Waals surface area (Å²) in [6.07, 6.45) is 4.56. The predicted octanol–water partition coefficient (Wildman–Crippen LogP) is 3.02. The zero-order valence-corrected chi connectivity index (χ0v) is 13.0. The van der Waals surface area contributed by atoms with Crippen molar-refractivity contribution in [3.63, 3.8) is 0 Å². The Bertz CT molecular complexity index is 1020. The Morgan fingerprint density at radius 1 is 1.04 bits per heavy atom. The van der Waals surface area contributed by atoms with Crippen LogP contribution in [0.2, 0.25) is 0 Å². The Balaban J connectivity index is 1.92. The molecule has 0 atom stereocenters. The summed E-state index contributed by atoms with van der Waals surface area (Å²) in [5.41, 5.74) is 4.40. The number of carboxylic acid groups (broad SMARTS) is 1. The van der Waals surface area contributed by atoms with E-state index < -0.39 is 5.97 Å². The lowest BCUT2D eigenvalue weighted by Crippen LogP contribution is -2.08. The number of carboxylic acids is 1. The van der Waals surface area contributed by atoms with Crippen LogP contribution in [0.5, 0.6) is 0 Å². The molecule has 0 aliphatic carbocycles. The van der Waals surface area contributed by atoms with Gasteiger partial charge in [-0.3, -0.25) is 0 Å². The summed E-state index contributed by atoms with van der Waals surface area (Å²) in [4.78, 5) is 18.5. The number of benzene rings is 2. The van der Waals surface area contributed by atoms with E-state index in [2.05, 4.69) is 20.3 Å². The monoisotopic (exact) mass is 331 g/mol. The highest BCUT2D eigenvalue weighted by atomic mass is 16.4. The van der Waals surface area contributed by atoms with Crippen LogP contribution in [0.1, 0.15) is 10.5 Å². The van der Waals surface area contributed by atoms with Crippen molar-refractivity contribution < 1.29 is 9.90 Å². The molecule has 2 aromatic carbocycles. The Labute approximate surface area is 142 Å². The Morgan fingerprint density at radius 2 is 1.88 bits per heavy atom. The highest BCUT2D eigenvalue weighted by Crippen LogP contribution is 2.32. The third kappa shape index (κ3) is 2.67. The number of nitrogens with zero attached hydrogens (tertiary/aromatic N) is 4. The minimum absolute atomic E-state index is 0.00280. The number of aromatic carboxylic acids is 1. The van der Waals surface area contributed by atoms with Gasteiger partial charge in [0.15, 0.2) is 5.69 Å². The Kier molecular flexibility index (Phi) is 3.59. The molecule has 0 radical (unpaired) electrons. The van der Waals surface area contributed by atoms with Crippen molar-refractivity contribution in [2.45, 2.75) is 0 Å². The first kappa shape index (κ1) is 14.8. The van der Waals surface area contributed by atoms with Gasteiger partial charge in [0.25, 0.3) is 0 Å². The second-order valence-electron chi connectivity index (χ2n) is 5.40. The molecule has 25 heavy (non-hydrogen) atoms. The molecule has 2 heterocycles.